The van der Waals surface area contributed by atoms with Gasteiger partial charge in [-0.25, -0.2) is 0 Å². The van der Waals surface area contributed by atoms with Gasteiger partial charge in [0.25, 0.3) is 5.91 Å². The van der Waals surface area contributed by atoms with E-state index in [1.54, 1.807) is 11.3 Å². The fourth-order valence-corrected chi connectivity index (χ4v) is 4.39. The summed E-state index contributed by atoms with van der Waals surface area (Å²) in [5, 5.41) is 10.0. The Balaban J connectivity index is 1.41. The van der Waals surface area contributed by atoms with Crippen molar-refractivity contribution in [2.24, 2.45) is 5.92 Å². The molecule has 7 heteroatoms. The lowest BCUT2D eigenvalue weighted by atomic mass is 9.94. The molecule has 0 aromatic carbocycles. The number of thiophene rings is 2. The van der Waals surface area contributed by atoms with Crippen molar-refractivity contribution in [1.29, 1.82) is 0 Å². The first-order valence-corrected chi connectivity index (χ1v) is 9.80. The van der Waals surface area contributed by atoms with Crippen molar-refractivity contribution in [3.8, 4) is 11.4 Å². The minimum Gasteiger partial charge on any atom is -0.339 e. The van der Waals surface area contributed by atoms with E-state index in [4.69, 9.17) is 4.52 Å². The number of nitrogens with zero attached hydrogens (tertiary/aromatic N) is 3. The first kappa shape index (κ1) is 15.5. The van der Waals surface area contributed by atoms with E-state index in [1.165, 1.54) is 11.3 Å². The molecular formula is C17H17N3O2S2. The lowest BCUT2D eigenvalue weighted by molar-refractivity contribution is 0.0673. The maximum atomic E-state index is 12.5. The number of carbonyl (C=O) groups excluding carboxylic acids is 1. The standard InChI is InChI=1S/C17H17N3O2S2/c21-17(14-4-2-7-24-14)20-6-1-3-12(10-20)9-15-18-16(19-22-15)13-5-8-23-11-13/h2,4-5,7-8,11-12H,1,3,6,9-10H2. The normalized spacial score (nSPS) is 18.0. The Kier molecular flexibility index (Phi) is 4.44. The van der Waals surface area contributed by atoms with Gasteiger partial charge >= 0.3 is 0 Å². The van der Waals surface area contributed by atoms with Crippen molar-refractivity contribution in [1.82, 2.24) is 15.0 Å². The van der Waals surface area contributed by atoms with Crippen LogP contribution in [0.2, 0.25) is 0 Å². The summed E-state index contributed by atoms with van der Waals surface area (Å²) in [5.41, 5.74) is 0.994. The van der Waals surface area contributed by atoms with Crippen molar-refractivity contribution in [3.05, 3.63) is 45.1 Å². The van der Waals surface area contributed by atoms with Crippen LogP contribution >= 0.6 is 22.7 Å². The van der Waals surface area contributed by atoms with Gasteiger partial charge in [-0.05, 0) is 41.7 Å². The monoisotopic (exact) mass is 359 g/mol. The van der Waals surface area contributed by atoms with Crippen LogP contribution in [0.3, 0.4) is 0 Å². The number of piperidine rings is 1. The average molecular weight is 359 g/mol. The van der Waals surface area contributed by atoms with Gasteiger partial charge in [0.15, 0.2) is 0 Å². The molecule has 3 aromatic heterocycles. The fraction of sp³-hybridized carbons (Fsp3) is 0.353. The quantitative estimate of drug-likeness (QED) is 0.707. The van der Waals surface area contributed by atoms with Crippen molar-refractivity contribution in [2.75, 3.05) is 13.1 Å². The molecule has 1 atom stereocenters. The summed E-state index contributed by atoms with van der Waals surface area (Å²) in [6.07, 6.45) is 2.84. The molecule has 0 bridgehead atoms. The van der Waals surface area contributed by atoms with Gasteiger partial charge in [0.2, 0.25) is 11.7 Å². The van der Waals surface area contributed by atoms with E-state index < -0.39 is 0 Å². The Morgan fingerprint density at radius 2 is 2.33 bits per heavy atom. The van der Waals surface area contributed by atoms with Gasteiger partial charge < -0.3 is 9.42 Å². The highest BCUT2D eigenvalue weighted by molar-refractivity contribution is 7.12. The second kappa shape index (κ2) is 6.86. The molecule has 124 valence electrons. The zero-order valence-corrected chi connectivity index (χ0v) is 14.7. The van der Waals surface area contributed by atoms with E-state index in [0.717, 1.165) is 42.8 Å². The number of rotatable bonds is 4. The average Bonchev–Trinajstić information content (AvgIpc) is 3.35. The van der Waals surface area contributed by atoms with E-state index in [1.807, 2.05) is 39.2 Å². The molecule has 5 nitrogen and oxygen atoms in total. The third-order valence-corrected chi connectivity index (χ3v) is 5.79. The first-order valence-electron chi connectivity index (χ1n) is 7.97. The van der Waals surface area contributed by atoms with E-state index in [2.05, 4.69) is 10.1 Å². The number of carbonyl (C=O) groups is 1. The predicted octanol–water partition coefficient (Wildman–Crippen LogP) is 3.95. The molecule has 0 N–H and O–H groups in total. The van der Waals surface area contributed by atoms with Crippen molar-refractivity contribution >= 4 is 28.6 Å². The molecule has 24 heavy (non-hydrogen) atoms. The number of likely N-dealkylation sites (tertiary alicyclic amines) is 1. The van der Waals surface area contributed by atoms with Gasteiger partial charge in [-0.2, -0.15) is 16.3 Å². The summed E-state index contributed by atoms with van der Waals surface area (Å²) >= 11 is 3.12. The molecule has 1 fully saturated rings. The van der Waals surface area contributed by atoms with Crippen LogP contribution in [-0.2, 0) is 6.42 Å². The largest absolute Gasteiger partial charge is 0.339 e. The Hall–Kier alpha value is -1.99. The Morgan fingerprint density at radius 3 is 3.12 bits per heavy atom. The van der Waals surface area contributed by atoms with E-state index in [9.17, 15) is 4.79 Å². The minimum absolute atomic E-state index is 0.138. The van der Waals surface area contributed by atoms with Gasteiger partial charge in [-0.3, -0.25) is 4.79 Å². The molecule has 3 aromatic rings. The maximum absolute atomic E-state index is 12.5. The number of hydrogen-bond acceptors (Lipinski definition) is 6. The van der Waals surface area contributed by atoms with Crippen LogP contribution in [-0.4, -0.2) is 34.0 Å². The smallest absolute Gasteiger partial charge is 0.263 e. The second-order valence-electron chi connectivity index (χ2n) is 5.96. The fourth-order valence-electron chi connectivity index (χ4n) is 3.07. The van der Waals surface area contributed by atoms with Gasteiger partial charge in [-0.15, -0.1) is 11.3 Å². The molecule has 0 radical (unpaired) electrons. The van der Waals surface area contributed by atoms with Gasteiger partial charge in [-0.1, -0.05) is 11.2 Å². The highest BCUT2D eigenvalue weighted by Crippen LogP contribution is 2.24. The Morgan fingerprint density at radius 1 is 1.38 bits per heavy atom. The zero-order valence-electron chi connectivity index (χ0n) is 13.1. The predicted molar refractivity (Wildman–Crippen MR) is 94.3 cm³/mol. The molecule has 1 saturated heterocycles. The topological polar surface area (TPSA) is 59.2 Å². The summed E-state index contributed by atoms with van der Waals surface area (Å²) in [5.74, 6) is 1.82. The maximum Gasteiger partial charge on any atom is 0.263 e. The molecule has 1 unspecified atom stereocenters. The molecule has 0 aliphatic carbocycles. The van der Waals surface area contributed by atoms with Gasteiger partial charge in [0.05, 0.1) is 4.88 Å². The molecule has 1 amide bonds. The third kappa shape index (κ3) is 3.27. The molecule has 4 heterocycles. The summed E-state index contributed by atoms with van der Waals surface area (Å²) in [6, 6.07) is 5.80. The van der Waals surface area contributed by atoms with Crippen LogP contribution in [0, 0.1) is 5.92 Å². The van der Waals surface area contributed by atoms with Gasteiger partial charge in [0.1, 0.15) is 0 Å². The third-order valence-electron chi connectivity index (χ3n) is 4.25. The molecule has 0 spiro atoms. The molecular weight excluding hydrogens is 342 g/mol. The lowest BCUT2D eigenvalue weighted by Gasteiger charge is -2.31. The number of aromatic nitrogens is 2. The SMILES string of the molecule is O=C(c1cccs1)N1CCCC(Cc2nc(-c3ccsc3)no2)C1. The number of amides is 1. The van der Waals surface area contributed by atoms with Crippen molar-refractivity contribution in [2.45, 2.75) is 19.3 Å². The highest BCUT2D eigenvalue weighted by atomic mass is 32.1. The van der Waals surface area contributed by atoms with Gasteiger partial charge in [0, 0.05) is 30.5 Å². The lowest BCUT2D eigenvalue weighted by Crippen LogP contribution is -2.40. The van der Waals surface area contributed by atoms with Crippen LogP contribution in [0.5, 0.6) is 0 Å². The van der Waals surface area contributed by atoms with Crippen molar-refractivity contribution < 1.29 is 9.32 Å². The molecule has 0 saturated carbocycles. The first-order chi connectivity index (χ1) is 11.8. The molecule has 1 aliphatic heterocycles. The van der Waals surface area contributed by atoms with Crippen LogP contribution in [0.1, 0.15) is 28.4 Å². The van der Waals surface area contributed by atoms with Crippen LogP contribution < -0.4 is 0 Å². The van der Waals surface area contributed by atoms with E-state index in [0.29, 0.717) is 17.6 Å². The highest BCUT2D eigenvalue weighted by Gasteiger charge is 2.26. The minimum atomic E-state index is 0.138. The molecule has 1 aliphatic rings. The summed E-state index contributed by atoms with van der Waals surface area (Å²) in [4.78, 5) is 19.8. The van der Waals surface area contributed by atoms with Crippen LogP contribution in [0.25, 0.3) is 11.4 Å². The zero-order chi connectivity index (χ0) is 16.4. The second-order valence-corrected chi connectivity index (χ2v) is 7.69. The summed E-state index contributed by atoms with van der Waals surface area (Å²) < 4.78 is 5.40. The Bertz CT molecular complexity index is 796. The summed E-state index contributed by atoms with van der Waals surface area (Å²) in [6.45, 7) is 1.59. The van der Waals surface area contributed by atoms with Crippen LogP contribution in [0.4, 0.5) is 0 Å². The number of hydrogen-bond donors (Lipinski definition) is 0. The van der Waals surface area contributed by atoms with E-state index in [-0.39, 0.29) is 5.91 Å². The molecule has 4 rings (SSSR count). The Labute approximate surface area is 147 Å². The van der Waals surface area contributed by atoms with Crippen molar-refractivity contribution in [3.63, 3.8) is 0 Å². The van der Waals surface area contributed by atoms with Crippen LogP contribution in [0.15, 0.2) is 38.9 Å². The van der Waals surface area contributed by atoms with E-state index >= 15 is 0 Å². The summed E-state index contributed by atoms with van der Waals surface area (Å²) in [7, 11) is 0.